The van der Waals surface area contributed by atoms with Gasteiger partial charge in [-0.05, 0) is 12.1 Å². The Kier molecular flexibility index (Phi) is 2.57. The van der Waals surface area contributed by atoms with Crippen LogP contribution in [0.3, 0.4) is 0 Å². The molecular weight excluding hydrogens is 240 g/mol. The lowest BCUT2D eigenvalue weighted by Gasteiger charge is -2.05. The molecule has 0 aliphatic heterocycles. The van der Waals surface area contributed by atoms with E-state index in [1.54, 1.807) is 12.1 Å². The molecule has 2 rings (SSSR count). The van der Waals surface area contributed by atoms with Crippen LogP contribution in [0.2, 0.25) is 0 Å². The van der Waals surface area contributed by atoms with Crippen LogP contribution in [0.1, 0.15) is 5.56 Å². The van der Waals surface area contributed by atoms with Crippen LogP contribution in [0.25, 0.3) is 0 Å². The molecule has 0 atom stereocenters. The number of hydrogen-bond acceptors (Lipinski definition) is 5. The predicted molar refractivity (Wildman–Crippen MR) is 60.4 cm³/mol. The summed E-state index contributed by atoms with van der Waals surface area (Å²) in [6.45, 7) is 0. The van der Waals surface area contributed by atoms with Crippen molar-refractivity contribution in [1.82, 2.24) is 9.19 Å². The lowest BCUT2D eigenvalue weighted by Crippen LogP contribution is -2.15. The second kappa shape index (κ2) is 3.92. The highest BCUT2D eigenvalue weighted by molar-refractivity contribution is 7.89. The number of nitrogens with two attached hydrogens (primary N) is 1. The normalized spacial score (nSPS) is 11.0. The molecule has 86 valence electrons. The van der Waals surface area contributed by atoms with Crippen LogP contribution in [0, 0.1) is 11.3 Å². The molecule has 7 heteroatoms. The van der Waals surface area contributed by atoms with E-state index in [9.17, 15) is 8.42 Å². The Morgan fingerprint density at radius 3 is 2.59 bits per heavy atom. The largest absolute Gasteiger partial charge is 0.382 e. The van der Waals surface area contributed by atoms with Gasteiger partial charge < -0.3 is 5.73 Å². The van der Waals surface area contributed by atoms with E-state index in [-0.39, 0.29) is 16.3 Å². The van der Waals surface area contributed by atoms with Crippen LogP contribution in [0.5, 0.6) is 0 Å². The molecule has 17 heavy (non-hydrogen) atoms. The second-order valence-corrected chi connectivity index (χ2v) is 4.99. The van der Waals surface area contributed by atoms with Crippen LogP contribution in [-0.2, 0) is 10.0 Å². The summed E-state index contributed by atoms with van der Waals surface area (Å²) >= 11 is 0. The van der Waals surface area contributed by atoms with Crippen molar-refractivity contribution in [3.63, 3.8) is 0 Å². The fourth-order valence-electron chi connectivity index (χ4n) is 1.34. The third kappa shape index (κ3) is 1.86. The predicted octanol–water partition coefficient (Wildman–Crippen LogP) is 0.574. The highest BCUT2D eigenvalue weighted by atomic mass is 32.2. The molecule has 2 aromatic rings. The van der Waals surface area contributed by atoms with E-state index in [1.165, 1.54) is 24.4 Å². The minimum atomic E-state index is -3.86. The number of nitriles is 1. The topological polar surface area (TPSA) is 102 Å². The molecule has 0 fully saturated rings. The smallest absolute Gasteiger partial charge is 0.284 e. The number of aromatic nitrogens is 2. The zero-order valence-corrected chi connectivity index (χ0v) is 9.42. The third-order valence-corrected chi connectivity index (χ3v) is 3.73. The molecule has 0 amide bonds. The molecule has 0 aliphatic carbocycles. The van der Waals surface area contributed by atoms with Crippen LogP contribution >= 0.6 is 0 Å². The number of nitrogen functional groups attached to an aromatic ring is 1. The monoisotopic (exact) mass is 248 g/mol. The maximum Gasteiger partial charge on any atom is 0.284 e. The Hall–Kier alpha value is -2.33. The second-order valence-electron chi connectivity index (χ2n) is 3.23. The maximum atomic E-state index is 12.1. The number of nitrogens with zero attached hydrogens (tertiary/aromatic N) is 3. The van der Waals surface area contributed by atoms with Crippen LogP contribution in [0.15, 0.2) is 41.4 Å². The van der Waals surface area contributed by atoms with E-state index in [2.05, 4.69) is 5.10 Å². The molecule has 0 spiro atoms. The minimum absolute atomic E-state index is 0.0709. The zero-order valence-electron chi connectivity index (χ0n) is 8.61. The van der Waals surface area contributed by atoms with Gasteiger partial charge in [-0.2, -0.15) is 17.8 Å². The van der Waals surface area contributed by atoms with Crippen molar-refractivity contribution >= 4 is 15.8 Å². The van der Waals surface area contributed by atoms with E-state index in [4.69, 9.17) is 11.0 Å². The summed E-state index contributed by atoms with van der Waals surface area (Å²) in [6.07, 6.45) is 1.23. The Bertz CT molecular complexity index is 697. The number of benzene rings is 1. The SMILES string of the molecule is N#Cc1ccccc1S(=O)(=O)n1ccc(N)n1. The third-order valence-electron chi connectivity index (χ3n) is 2.12. The van der Waals surface area contributed by atoms with Gasteiger partial charge in [-0.15, -0.1) is 5.10 Å². The lowest BCUT2D eigenvalue weighted by atomic mass is 10.2. The first-order valence-electron chi connectivity index (χ1n) is 4.61. The fraction of sp³-hybridized carbons (Fsp3) is 0. The molecular formula is C10H8N4O2S. The van der Waals surface area contributed by atoms with Crippen molar-refractivity contribution in [1.29, 1.82) is 5.26 Å². The Morgan fingerprint density at radius 2 is 2.00 bits per heavy atom. The van der Waals surface area contributed by atoms with Gasteiger partial charge in [-0.1, -0.05) is 12.1 Å². The first-order valence-corrected chi connectivity index (χ1v) is 6.05. The van der Waals surface area contributed by atoms with Crippen molar-refractivity contribution in [2.24, 2.45) is 0 Å². The molecule has 0 saturated heterocycles. The van der Waals surface area contributed by atoms with Gasteiger partial charge in [0, 0.05) is 12.3 Å². The molecule has 1 heterocycles. The lowest BCUT2D eigenvalue weighted by molar-refractivity contribution is 0.580. The summed E-state index contributed by atoms with van der Waals surface area (Å²) in [5.74, 6) is 0.100. The average Bonchev–Trinajstić information content (AvgIpc) is 2.76. The summed E-state index contributed by atoms with van der Waals surface area (Å²) in [7, 11) is -3.86. The van der Waals surface area contributed by atoms with E-state index < -0.39 is 10.0 Å². The highest BCUT2D eigenvalue weighted by Gasteiger charge is 2.21. The van der Waals surface area contributed by atoms with Gasteiger partial charge in [0.15, 0.2) is 0 Å². The van der Waals surface area contributed by atoms with Crippen molar-refractivity contribution in [2.75, 3.05) is 5.73 Å². The molecule has 1 aromatic carbocycles. The molecule has 0 unspecified atom stereocenters. The van der Waals surface area contributed by atoms with Gasteiger partial charge in [0.05, 0.1) is 5.56 Å². The molecule has 2 N–H and O–H groups in total. The number of anilines is 1. The summed E-state index contributed by atoms with van der Waals surface area (Å²) in [5, 5.41) is 12.5. The Labute approximate surface area is 98.0 Å². The number of rotatable bonds is 2. The summed E-state index contributed by atoms with van der Waals surface area (Å²) in [4.78, 5) is -0.0920. The summed E-state index contributed by atoms with van der Waals surface area (Å²) < 4.78 is 25.0. The van der Waals surface area contributed by atoms with Crippen molar-refractivity contribution in [3.8, 4) is 6.07 Å². The van der Waals surface area contributed by atoms with E-state index in [0.29, 0.717) is 0 Å². The standard InChI is InChI=1S/C10H8N4O2S/c11-7-8-3-1-2-4-9(8)17(15,16)14-6-5-10(12)13-14/h1-6H,(H2,12,13). The fourth-order valence-corrected chi connectivity index (χ4v) is 2.61. The van der Waals surface area contributed by atoms with Gasteiger partial charge in [0.25, 0.3) is 10.0 Å². The van der Waals surface area contributed by atoms with Crippen LogP contribution in [-0.4, -0.2) is 17.6 Å². The van der Waals surface area contributed by atoms with Gasteiger partial charge in [0.2, 0.25) is 0 Å². The molecule has 0 saturated carbocycles. The van der Waals surface area contributed by atoms with Crippen LogP contribution < -0.4 is 5.73 Å². The molecule has 1 aromatic heterocycles. The van der Waals surface area contributed by atoms with Crippen molar-refractivity contribution in [2.45, 2.75) is 4.90 Å². The Morgan fingerprint density at radius 1 is 1.29 bits per heavy atom. The Balaban J connectivity index is 2.65. The van der Waals surface area contributed by atoms with Gasteiger partial charge in [0.1, 0.15) is 16.8 Å². The van der Waals surface area contributed by atoms with Gasteiger partial charge in [-0.3, -0.25) is 0 Å². The minimum Gasteiger partial charge on any atom is -0.382 e. The van der Waals surface area contributed by atoms with E-state index in [0.717, 1.165) is 4.09 Å². The highest BCUT2D eigenvalue weighted by Crippen LogP contribution is 2.17. The molecule has 0 radical (unpaired) electrons. The quantitative estimate of drug-likeness (QED) is 0.837. The van der Waals surface area contributed by atoms with Crippen molar-refractivity contribution in [3.05, 3.63) is 42.1 Å². The molecule has 0 bridgehead atoms. The average molecular weight is 248 g/mol. The first-order chi connectivity index (χ1) is 8.05. The first kappa shape index (κ1) is 11.2. The van der Waals surface area contributed by atoms with E-state index >= 15 is 0 Å². The van der Waals surface area contributed by atoms with E-state index in [1.807, 2.05) is 6.07 Å². The molecule has 0 aliphatic rings. The summed E-state index contributed by atoms with van der Waals surface area (Å²) in [5.41, 5.74) is 5.43. The molecule has 6 nitrogen and oxygen atoms in total. The maximum absolute atomic E-state index is 12.1. The van der Waals surface area contributed by atoms with Gasteiger partial charge in [-0.25, -0.2) is 0 Å². The number of hydrogen-bond donors (Lipinski definition) is 1. The van der Waals surface area contributed by atoms with Gasteiger partial charge >= 0.3 is 0 Å². The van der Waals surface area contributed by atoms with Crippen LogP contribution in [0.4, 0.5) is 5.82 Å². The summed E-state index contributed by atoms with van der Waals surface area (Å²) in [6, 6.07) is 9.11. The van der Waals surface area contributed by atoms with Crippen molar-refractivity contribution < 1.29 is 8.42 Å². The zero-order chi connectivity index (χ0) is 12.5.